The Morgan fingerprint density at radius 2 is 1.71 bits per heavy atom. The molecular weight excluding hydrogens is 268 g/mol. The molecule has 0 aliphatic rings. The van der Waals surface area contributed by atoms with Gasteiger partial charge < -0.3 is 9.15 Å². The second-order valence-electron chi connectivity index (χ2n) is 4.55. The van der Waals surface area contributed by atoms with Crippen LogP contribution in [-0.2, 0) is 4.74 Å². The first-order valence-electron chi connectivity index (χ1n) is 6.40. The lowest BCUT2D eigenvalue weighted by Gasteiger charge is -1.97. The molecule has 0 radical (unpaired) electrons. The van der Waals surface area contributed by atoms with Gasteiger partial charge in [0.05, 0.1) is 12.7 Å². The first kappa shape index (κ1) is 13.1. The molecule has 0 spiro atoms. The third-order valence-electron chi connectivity index (χ3n) is 3.20. The fraction of sp³-hybridized carbons (Fsp3) is 0.0588. The molecule has 0 saturated carbocycles. The Morgan fingerprint density at radius 3 is 2.43 bits per heavy atom. The quantitative estimate of drug-likeness (QED) is 0.544. The third-order valence-corrected chi connectivity index (χ3v) is 3.20. The van der Waals surface area contributed by atoms with E-state index in [1.54, 1.807) is 48.5 Å². The van der Waals surface area contributed by atoms with Gasteiger partial charge in [0.2, 0.25) is 5.78 Å². The number of benzene rings is 2. The van der Waals surface area contributed by atoms with Gasteiger partial charge in [-0.15, -0.1) is 0 Å². The summed E-state index contributed by atoms with van der Waals surface area (Å²) in [6.07, 6.45) is 0. The maximum atomic E-state index is 12.3. The lowest BCUT2D eigenvalue weighted by Crippen LogP contribution is -2.00. The van der Waals surface area contributed by atoms with E-state index in [4.69, 9.17) is 4.42 Å². The summed E-state index contributed by atoms with van der Waals surface area (Å²) >= 11 is 0. The minimum atomic E-state index is -0.422. The summed E-state index contributed by atoms with van der Waals surface area (Å²) in [6.45, 7) is 0. The van der Waals surface area contributed by atoms with E-state index >= 15 is 0 Å². The molecule has 3 rings (SSSR count). The van der Waals surface area contributed by atoms with Crippen molar-refractivity contribution in [2.75, 3.05) is 7.11 Å². The molecule has 0 fully saturated rings. The zero-order chi connectivity index (χ0) is 14.8. The van der Waals surface area contributed by atoms with E-state index in [2.05, 4.69) is 4.74 Å². The van der Waals surface area contributed by atoms with E-state index in [1.165, 1.54) is 7.11 Å². The van der Waals surface area contributed by atoms with Crippen LogP contribution in [0.2, 0.25) is 0 Å². The van der Waals surface area contributed by atoms with Gasteiger partial charge in [0.15, 0.2) is 5.76 Å². The van der Waals surface area contributed by atoms with Gasteiger partial charge in [-0.1, -0.05) is 30.3 Å². The summed E-state index contributed by atoms with van der Waals surface area (Å²) < 4.78 is 10.2. The number of ketones is 1. The number of rotatable bonds is 3. The Balaban J connectivity index is 2.01. The van der Waals surface area contributed by atoms with Gasteiger partial charge in [-0.3, -0.25) is 4.79 Å². The lowest BCUT2D eigenvalue weighted by atomic mass is 10.1. The zero-order valence-corrected chi connectivity index (χ0v) is 11.3. The van der Waals surface area contributed by atoms with Crippen molar-refractivity contribution in [2.24, 2.45) is 0 Å². The van der Waals surface area contributed by atoms with E-state index in [1.807, 2.05) is 6.07 Å². The highest BCUT2D eigenvalue weighted by molar-refractivity contribution is 6.09. The Kier molecular flexibility index (Phi) is 3.28. The third kappa shape index (κ3) is 2.43. The fourth-order valence-electron chi connectivity index (χ4n) is 2.13. The smallest absolute Gasteiger partial charge is 0.337 e. The van der Waals surface area contributed by atoms with Crippen molar-refractivity contribution in [1.82, 2.24) is 0 Å². The summed E-state index contributed by atoms with van der Waals surface area (Å²) in [4.78, 5) is 23.8. The molecular formula is C17H12O4. The molecule has 3 aromatic rings. The van der Waals surface area contributed by atoms with Gasteiger partial charge in [0, 0.05) is 10.9 Å². The Morgan fingerprint density at radius 1 is 0.952 bits per heavy atom. The molecule has 21 heavy (non-hydrogen) atoms. The number of esters is 1. The number of hydrogen-bond donors (Lipinski definition) is 0. The molecule has 0 saturated heterocycles. The largest absolute Gasteiger partial charge is 0.465 e. The minimum absolute atomic E-state index is 0.189. The number of methoxy groups -OCH3 is 1. The van der Waals surface area contributed by atoms with Crippen molar-refractivity contribution in [1.29, 1.82) is 0 Å². The first-order valence-corrected chi connectivity index (χ1v) is 6.40. The standard InChI is InChI=1S/C17H12O4/c1-20-17(19)12-7-8-14-13(9-12)10-15(21-14)16(18)11-5-3-2-4-6-11/h2-10H,1H3. The van der Waals surface area contributed by atoms with Gasteiger partial charge in [0.1, 0.15) is 5.58 Å². The normalized spacial score (nSPS) is 10.5. The molecule has 0 amide bonds. The molecule has 1 aromatic heterocycles. The van der Waals surface area contributed by atoms with Crippen molar-refractivity contribution < 1.29 is 18.7 Å². The van der Waals surface area contributed by atoms with Crippen molar-refractivity contribution >= 4 is 22.7 Å². The lowest BCUT2D eigenvalue weighted by molar-refractivity contribution is 0.0601. The van der Waals surface area contributed by atoms with Gasteiger partial charge in [0.25, 0.3) is 0 Å². The van der Waals surface area contributed by atoms with Gasteiger partial charge in [-0.25, -0.2) is 4.79 Å². The van der Waals surface area contributed by atoms with Crippen molar-refractivity contribution in [3.05, 3.63) is 71.5 Å². The summed E-state index contributed by atoms with van der Waals surface area (Å²) in [5.74, 6) is -0.362. The number of fused-ring (bicyclic) bond motifs is 1. The average Bonchev–Trinajstić information content (AvgIpc) is 2.97. The van der Waals surface area contributed by atoms with Crippen LogP contribution in [0.4, 0.5) is 0 Å². The van der Waals surface area contributed by atoms with Crippen molar-refractivity contribution in [3.8, 4) is 0 Å². The summed E-state index contributed by atoms with van der Waals surface area (Å²) in [5.41, 5.74) is 1.54. The molecule has 0 aliphatic heterocycles. The van der Waals surface area contributed by atoms with Crippen LogP contribution in [-0.4, -0.2) is 18.9 Å². The fourth-order valence-corrected chi connectivity index (χ4v) is 2.13. The summed E-state index contributed by atoms with van der Waals surface area (Å²) in [7, 11) is 1.33. The molecule has 0 bridgehead atoms. The van der Waals surface area contributed by atoms with Crippen LogP contribution >= 0.6 is 0 Å². The predicted molar refractivity (Wildman–Crippen MR) is 77.4 cm³/mol. The van der Waals surface area contributed by atoms with Crippen molar-refractivity contribution in [3.63, 3.8) is 0 Å². The topological polar surface area (TPSA) is 56.5 Å². The second kappa shape index (κ2) is 5.25. The average molecular weight is 280 g/mol. The van der Waals surface area contributed by atoms with E-state index in [-0.39, 0.29) is 11.5 Å². The highest BCUT2D eigenvalue weighted by atomic mass is 16.5. The van der Waals surface area contributed by atoms with Crippen LogP contribution in [0.15, 0.2) is 59.0 Å². The predicted octanol–water partition coefficient (Wildman–Crippen LogP) is 3.45. The Bertz CT molecular complexity index is 815. The van der Waals surface area contributed by atoms with Crippen molar-refractivity contribution in [2.45, 2.75) is 0 Å². The molecule has 0 aliphatic carbocycles. The molecule has 0 atom stereocenters. The monoisotopic (exact) mass is 280 g/mol. The van der Waals surface area contributed by atoms with Crippen LogP contribution in [0.1, 0.15) is 26.5 Å². The maximum absolute atomic E-state index is 12.3. The first-order chi connectivity index (χ1) is 10.2. The number of furan rings is 1. The van der Waals surface area contributed by atoms with E-state index < -0.39 is 5.97 Å². The van der Waals surface area contributed by atoms with Gasteiger partial charge in [-0.05, 0) is 24.3 Å². The molecule has 4 heteroatoms. The van der Waals surface area contributed by atoms with E-state index in [0.717, 1.165) is 0 Å². The highest BCUT2D eigenvalue weighted by Gasteiger charge is 2.15. The van der Waals surface area contributed by atoms with Crippen LogP contribution in [0, 0.1) is 0 Å². The molecule has 2 aromatic carbocycles. The second-order valence-corrected chi connectivity index (χ2v) is 4.55. The van der Waals surface area contributed by atoms with Gasteiger partial charge >= 0.3 is 5.97 Å². The number of carbonyl (C=O) groups excluding carboxylic acids is 2. The molecule has 4 nitrogen and oxygen atoms in total. The number of ether oxygens (including phenoxy) is 1. The van der Waals surface area contributed by atoms with E-state index in [9.17, 15) is 9.59 Å². The molecule has 0 unspecified atom stereocenters. The summed E-state index contributed by atoms with van der Waals surface area (Å²) in [6, 6.07) is 15.4. The molecule has 0 N–H and O–H groups in total. The van der Waals surface area contributed by atoms with Crippen LogP contribution in [0.3, 0.4) is 0 Å². The minimum Gasteiger partial charge on any atom is -0.465 e. The maximum Gasteiger partial charge on any atom is 0.337 e. The molecule has 1 heterocycles. The zero-order valence-electron chi connectivity index (χ0n) is 11.3. The highest BCUT2D eigenvalue weighted by Crippen LogP contribution is 2.23. The Labute approximate surface area is 120 Å². The number of hydrogen-bond acceptors (Lipinski definition) is 4. The molecule has 104 valence electrons. The van der Waals surface area contributed by atoms with Crippen LogP contribution in [0.5, 0.6) is 0 Å². The van der Waals surface area contributed by atoms with Crippen LogP contribution in [0.25, 0.3) is 11.0 Å². The van der Waals surface area contributed by atoms with E-state index in [0.29, 0.717) is 22.1 Å². The van der Waals surface area contributed by atoms with Gasteiger partial charge in [-0.2, -0.15) is 0 Å². The Hall–Kier alpha value is -2.88. The summed E-state index contributed by atoms with van der Waals surface area (Å²) in [5, 5.41) is 0.692. The SMILES string of the molecule is COC(=O)c1ccc2oc(C(=O)c3ccccc3)cc2c1. The number of carbonyl (C=O) groups is 2. The van der Waals surface area contributed by atoms with Crippen LogP contribution < -0.4 is 0 Å².